The Kier molecular flexibility index (Phi) is 7.04. The first-order chi connectivity index (χ1) is 10.8. The fourth-order valence-corrected chi connectivity index (χ4v) is 3.19. The maximum Gasteiger partial charge on any atom is 0.266 e. The molecule has 0 saturated carbocycles. The number of halogens is 2. The van der Waals surface area contributed by atoms with Crippen molar-refractivity contribution in [1.29, 1.82) is 0 Å². The Morgan fingerprint density at radius 2 is 0.909 bits per heavy atom. The largest absolute Gasteiger partial charge is 0.356 e. The summed E-state index contributed by atoms with van der Waals surface area (Å²) < 4.78 is 0. The van der Waals surface area contributed by atoms with Crippen LogP contribution >= 0.6 is 22.2 Å². The van der Waals surface area contributed by atoms with Gasteiger partial charge in [-0.05, 0) is 29.5 Å². The minimum Gasteiger partial charge on any atom is -0.356 e. The number of para-hydroxylation sites is 2. The minimum absolute atomic E-state index is 1.08. The van der Waals surface area contributed by atoms with E-state index in [0.29, 0.717) is 0 Å². The zero-order valence-corrected chi connectivity index (χ0v) is 14.7. The van der Waals surface area contributed by atoms with Crippen LogP contribution in [-0.4, -0.2) is 7.42 Å². The van der Waals surface area contributed by atoms with Crippen LogP contribution in [0.25, 0.3) is 0 Å². The molecule has 3 aromatic rings. The summed E-state index contributed by atoms with van der Waals surface area (Å²) in [5, 5.41) is 4.39. The van der Waals surface area contributed by atoms with E-state index in [1.165, 1.54) is 0 Å². The van der Waals surface area contributed by atoms with Gasteiger partial charge in [-0.2, -0.15) is 0 Å². The molecular weight excluding hydrogens is 329 g/mol. The smallest absolute Gasteiger partial charge is 0.266 e. The quantitative estimate of drug-likeness (QED) is 0.519. The van der Waals surface area contributed by atoms with E-state index in [1.54, 1.807) is 0 Å². The molecule has 0 atom stereocenters. The van der Waals surface area contributed by atoms with Crippen molar-refractivity contribution in [3.63, 3.8) is 0 Å². The van der Waals surface area contributed by atoms with E-state index in [2.05, 4.69) is 5.32 Å². The monoisotopic (exact) mass is 345 g/mol. The fraction of sp³-hybridized carbons (Fsp3) is 0. The molecule has 112 valence electrons. The second kappa shape index (κ2) is 9.31. The highest BCUT2D eigenvalue weighted by molar-refractivity contribution is 7.39. The Morgan fingerprint density at radius 1 is 0.545 bits per heavy atom. The zero-order valence-electron chi connectivity index (χ0n) is 12.0. The second-order valence-corrected chi connectivity index (χ2v) is 9.13. The molecule has 4 heteroatoms. The molecule has 0 unspecified atom stereocenters. The van der Waals surface area contributed by atoms with Gasteiger partial charge in [0.1, 0.15) is 0 Å². The normalized spacial score (nSPS) is 9.77. The summed E-state index contributed by atoms with van der Waals surface area (Å²) in [6, 6.07) is 30.0. The average molecular weight is 346 g/mol. The molecule has 0 amide bonds. The highest BCUT2D eigenvalue weighted by Gasteiger charge is 2.02. The second-order valence-electron chi connectivity index (χ2n) is 4.57. The molecule has 3 aromatic carbocycles. The van der Waals surface area contributed by atoms with Gasteiger partial charge in [0, 0.05) is 11.4 Å². The van der Waals surface area contributed by atoms with Crippen molar-refractivity contribution in [1.82, 2.24) is 0 Å². The number of hydrogen-bond acceptors (Lipinski definition) is 1. The zero-order chi connectivity index (χ0) is 15.6. The third-order valence-corrected chi connectivity index (χ3v) is 5.29. The first-order valence-electron chi connectivity index (χ1n) is 6.96. The Balaban J connectivity index is 0.000000172. The predicted molar refractivity (Wildman–Crippen MR) is 101 cm³/mol. The molecule has 22 heavy (non-hydrogen) atoms. The van der Waals surface area contributed by atoms with E-state index in [4.69, 9.17) is 22.2 Å². The molecule has 0 radical (unpaired) electrons. The lowest BCUT2D eigenvalue weighted by Gasteiger charge is -2.04. The standard InChI is InChI=1S/C12H11N.C6H6Cl2Si/c1-3-7-11(8-4-1)13-12-9-5-2-6-10-12;7-9(8)6-4-2-1-3-5-6/h1-10,13H;1-5,9H. The lowest BCUT2D eigenvalue weighted by Crippen LogP contribution is -2.16. The first-order valence-corrected chi connectivity index (χ1v) is 11.0. The van der Waals surface area contributed by atoms with E-state index in [9.17, 15) is 0 Å². The van der Waals surface area contributed by atoms with Crippen LogP contribution < -0.4 is 10.5 Å². The van der Waals surface area contributed by atoms with Crippen LogP contribution in [0.3, 0.4) is 0 Å². The maximum atomic E-state index is 5.71. The summed E-state index contributed by atoms with van der Waals surface area (Å²) in [7, 11) is -1.58. The van der Waals surface area contributed by atoms with Crippen LogP contribution in [0.5, 0.6) is 0 Å². The molecule has 0 heterocycles. The molecule has 0 aliphatic carbocycles. The van der Waals surface area contributed by atoms with Crippen LogP contribution in [0.15, 0.2) is 91.0 Å². The van der Waals surface area contributed by atoms with Crippen LogP contribution in [0, 0.1) is 0 Å². The number of anilines is 2. The molecule has 0 saturated heterocycles. The minimum atomic E-state index is -1.58. The third-order valence-electron chi connectivity index (χ3n) is 2.89. The molecule has 0 fully saturated rings. The molecular formula is C18H17Cl2NSi. The fourth-order valence-electron chi connectivity index (χ4n) is 1.81. The van der Waals surface area contributed by atoms with E-state index in [0.717, 1.165) is 16.6 Å². The van der Waals surface area contributed by atoms with Gasteiger partial charge in [0.25, 0.3) is 7.42 Å². The Hall–Kier alpha value is -1.74. The van der Waals surface area contributed by atoms with E-state index < -0.39 is 7.42 Å². The number of nitrogens with one attached hydrogen (secondary N) is 1. The van der Waals surface area contributed by atoms with Crippen LogP contribution in [0.2, 0.25) is 0 Å². The maximum absolute atomic E-state index is 5.71. The van der Waals surface area contributed by atoms with Crippen molar-refractivity contribution in [2.24, 2.45) is 0 Å². The molecule has 1 nitrogen and oxygen atoms in total. The van der Waals surface area contributed by atoms with Gasteiger partial charge in [-0.1, -0.05) is 66.7 Å². The molecule has 0 spiro atoms. The lowest BCUT2D eigenvalue weighted by atomic mass is 10.3. The highest BCUT2D eigenvalue weighted by Crippen LogP contribution is 2.14. The van der Waals surface area contributed by atoms with E-state index in [1.807, 2.05) is 91.0 Å². The SMILES string of the molecule is Cl[SiH](Cl)c1ccccc1.c1ccc(Nc2ccccc2)cc1. The van der Waals surface area contributed by atoms with Gasteiger partial charge >= 0.3 is 0 Å². The van der Waals surface area contributed by atoms with Crippen LogP contribution in [-0.2, 0) is 0 Å². The number of hydrogen-bond donors (Lipinski definition) is 1. The summed E-state index contributed by atoms with van der Waals surface area (Å²) in [6.07, 6.45) is 0. The van der Waals surface area contributed by atoms with Crippen LogP contribution in [0.1, 0.15) is 0 Å². The van der Waals surface area contributed by atoms with Crippen molar-refractivity contribution in [2.75, 3.05) is 5.32 Å². The number of rotatable bonds is 3. The summed E-state index contributed by atoms with van der Waals surface area (Å²) in [4.78, 5) is 0. The summed E-state index contributed by atoms with van der Waals surface area (Å²) in [5.74, 6) is 0. The lowest BCUT2D eigenvalue weighted by molar-refractivity contribution is 1.55. The van der Waals surface area contributed by atoms with Gasteiger partial charge in [-0.15, -0.1) is 22.2 Å². The van der Waals surface area contributed by atoms with Gasteiger partial charge in [0.05, 0.1) is 0 Å². The van der Waals surface area contributed by atoms with Gasteiger partial charge in [-0.3, -0.25) is 0 Å². The van der Waals surface area contributed by atoms with E-state index in [-0.39, 0.29) is 0 Å². The highest BCUT2D eigenvalue weighted by atomic mass is 35.7. The summed E-state index contributed by atoms with van der Waals surface area (Å²) >= 11 is 11.4. The van der Waals surface area contributed by atoms with E-state index >= 15 is 0 Å². The van der Waals surface area contributed by atoms with Crippen molar-refractivity contribution in [2.45, 2.75) is 0 Å². The van der Waals surface area contributed by atoms with Gasteiger partial charge in [-0.25, -0.2) is 0 Å². The molecule has 0 bridgehead atoms. The summed E-state index contributed by atoms with van der Waals surface area (Å²) in [5.41, 5.74) is 2.24. The Labute approximate surface area is 142 Å². The third kappa shape index (κ3) is 5.94. The van der Waals surface area contributed by atoms with Gasteiger partial charge < -0.3 is 5.32 Å². The molecule has 0 aliphatic heterocycles. The number of benzene rings is 3. The van der Waals surface area contributed by atoms with Crippen molar-refractivity contribution in [3.05, 3.63) is 91.0 Å². The molecule has 3 rings (SSSR count). The first kappa shape index (κ1) is 16.6. The van der Waals surface area contributed by atoms with Crippen molar-refractivity contribution < 1.29 is 0 Å². The van der Waals surface area contributed by atoms with Crippen molar-refractivity contribution in [3.8, 4) is 0 Å². The van der Waals surface area contributed by atoms with Crippen LogP contribution in [0.4, 0.5) is 11.4 Å². The predicted octanol–water partition coefficient (Wildman–Crippen LogP) is 5.02. The van der Waals surface area contributed by atoms with Crippen molar-refractivity contribution >= 4 is 46.1 Å². The Morgan fingerprint density at radius 3 is 1.23 bits per heavy atom. The van der Waals surface area contributed by atoms with Gasteiger partial charge in [0.2, 0.25) is 0 Å². The molecule has 0 aromatic heterocycles. The Bertz CT molecular complexity index is 608. The van der Waals surface area contributed by atoms with Gasteiger partial charge in [0.15, 0.2) is 0 Å². The summed E-state index contributed by atoms with van der Waals surface area (Å²) in [6.45, 7) is 0. The topological polar surface area (TPSA) is 12.0 Å². The molecule has 0 aliphatic rings. The molecule has 1 N–H and O–H groups in total. The average Bonchev–Trinajstić information content (AvgIpc) is 2.58.